The molecule has 1 nitrogen and oxygen atoms in total. The minimum atomic E-state index is -1.23. The maximum absolute atomic E-state index is 14.2. The summed E-state index contributed by atoms with van der Waals surface area (Å²) in [5.41, 5.74) is -2.19. The highest BCUT2D eigenvalue weighted by Gasteiger charge is 2.53. The van der Waals surface area contributed by atoms with Gasteiger partial charge in [0, 0.05) is 0 Å². The van der Waals surface area contributed by atoms with Crippen LogP contribution in [0.2, 0.25) is 0 Å². The molecule has 0 heterocycles. The van der Waals surface area contributed by atoms with E-state index in [-0.39, 0.29) is 0 Å². The van der Waals surface area contributed by atoms with E-state index in [9.17, 15) is 9.50 Å². The van der Waals surface area contributed by atoms with Gasteiger partial charge < -0.3 is 5.11 Å². The Morgan fingerprint density at radius 3 is 1.67 bits per heavy atom. The summed E-state index contributed by atoms with van der Waals surface area (Å²) in [7, 11) is 0. The van der Waals surface area contributed by atoms with Crippen molar-refractivity contribution < 1.29 is 9.50 Å². The molecule has 0 bridgehead atoms. The average Bonchev–Trinajstić information content (AvgIpc) is 2.05. The highest BCUT2D eigenvalue weighted by molar-refractivity contribution is 5.04. The van der Waals surface area contributed by atoms with Gasteiger partial charge in [-0.1, -0.05) is 25.7 Å². The Labute approximate surface area is 73.0 Å². The van der Waals surface area contributed by atoms with Crippen LogP contribution < -0.4 is 0 Å². The number of rotatable bonds is 0. The van der Waals surface area contributed by atoms with E-state index >= 15 is 0 Å². The van der Waals surface area contributed by atoms with Crippen LogP contribution >= 0.6 is 0 Å². The second-order valence-corrected chi connectivity index (χ2v) is 4.41. The molecule has 2 saturated carbocycles. The number of halogens is 1. The summed E-state index contributed by atoms with van der Waals surface area (Å²) in [6, 6.07) is 0. The van der Waals surface area contributed by atoms with Gasteiger partial charge >= 0.3 is 0 Å². The highest BCUT2D eigenvalue weighted by Crippen LogP contribution is 2.49. The lowest BCUT2D eigenvalue weighted by Gasteiger charge is -2.48. The topological polar surface area (TPSA) is 20.2 Å². The van der Waals surface area contributed by atoms with Gasteiger partial charge in [-0.3, -0.25) is 0 Å². The van der Waals surface area contributed by atoms with Crippen LogP contribution in [0.3, 0.4) is 0 Å². The first-order valence-electron chi connectivity index (χ1n) is 5.08. The van der Waals surface area contributed by atoms with E-state index in [2.05, 4.69) is 0 Å². The maximum atomic E-state index is 14.2. The SMILES string of the molecule is OC12CCCCC1(F)CCCC2. The lowest BCUT2D eigenvalue weighted by atomic mass is 9.65. The molecule has 2 heteroatoms. The molecule has 12 heavy (non-hydrogen) atoms. The Hall–Kier alpha value is -0.110. The Morgan fingerprint density at radius 1 is 0.833 bits per heavy atom. The Balaban J connectivity index is 2.20. The summed E-state index contributed by atoms with van der Waals surface area (Å²) in [5.74, 6) is 0. The van der Waals surface area contributed by atoms with Crippen LogP contribution in [-0.4, -0.2) is 16.4 Å². The summed E-state index contributed by atoms with van der Waals surface area (Å²) in [5, 5.41) is 10.1. The van der Waals surface area contributed by atoms with Crippen molar-refractivity contribution in [1.29, 1.82) is 0 Å². The molecule has 2 fully saturated rings. The van der Waals surface area contributed by atoms with Gasteiger partial charge in [0.1, 0.15) is 5.67 Å². The van der Waals surface area contributed by atoms with E-state index < -0.39 is 11.3 Å². The zero-order valence-electron chi connectivity index (χ0n) is 7.48. The Morgan fingerprint density at radius 2 is 1.25 bits per heavy atom. The van der Waals surface area contributed by atoms with Gasteiger partial charge in [-0.05, 0) is 25.7 Å². The molecule has 0 amide bonds. The third-order valence-corrected chi connectivity index (χ3v) is 3.66. The van der Waals surface area contributed by atoms with Gasteiger partial charge in [-0.2, -0.15) is 0 Å². The fourth-order valence-electron chi connectivity index (χ4n) is 2.81. The first-order valence-corrected chi connectivity index (χ1v) is 5.08. The lowest BCUT2D eigenvalue weighted by Crippen LogP contribution is -2.55. The van der Waals surface area contributed by atoms with E-state index in [0.717, 1.165) is 25.7 Å². The van der Waals surface area contributed by atoms with Crippen LogP contribution in [0.1, 0.15) is 51.4 Å². The molecule has 0 radical (unpaired) electrons. The van der Waals surface area contributed by atoms with Crippen molar-refractivity contribution in [1.82, 2.24) is 0 Å². The van der Waals surface area contributed by atoms with Gasteiger partial charge in [0.15, 0.2) is 0 Å². The van der Waals surface area contributed by atoms with Crippen LogP contribution in [0.15, 0.2) is 0 Å². The van der Waals surface area contributed by atoms with E-state index in [4.69, 9.17) is 0 Å². The van der Waals surface area contributed by atoms with Gasteiger partial charge in [0.25, 0.3) is 0 Å². The minimum absolute atomic E-state index is 0.587. The van der Waals surface area contributed by atoms with Gasteiger partial charge in [0.05, 0.1) is 5.60 Å². The molecule has 0 aromatic carbocycles. The number of fused-ring (bicyclic) bond motifs is 1. The number of aliphatic hydroxyl groups is 1. The van der Waals surface area contributed by atoms with E-state index in [1.807, 2.05) is 0 Å². The predicted molar refractivity (Wildman–Crippen MR) is 45.7 cm³/mol. The highest BCUT2D eigenvalue weighted by atomic mass is 19.1. The molecular weight excluding hydrogens is 155 g/mol. The standard InChI is InChI=1S/C10H17FO/c11-9-5-1-3-7-10(9,12)8-4-2-6-9/h12H,1-8H2. The van der Waals surface area contributed by atoms with Crippen molar-refractivity contribution in [2.45, 2.75) is 62.6 Å². The maximum Gasteiger partial charge on any atom is 0.139 e. The molecule has 2 rings (SSSR count). The Kier molecular flexibility index (Phi) is 1.90. The van der Waals surface area contributed by atoms with Crippen LogP contribution in [0, 0.1) is 0 Å². The van der Waals surface area contributed by atoms with E-state index in [1.165, 1.54) is 0 Å². The minimum Gasteiger partial charge on any atom is -0.387 e. The third-order valence-electron chi connectivity index (χ3n) is 3.66. The normalized spacial score (nSPS) is 48.5. The second kappa shape index (κ2) is 2.69. The molecule has 0 saturated heterocycles. The van der Waals surface area contributed by atoms with Crippen molar-refractivity contribution in [3.8, 4) is 0 Å². The fourth-order valence-corrected chi connectivity index (χ4v) is 2.81. The zero-order valence-corrected chi connectivity index (χ0v) is 7.48. The summed E-state index contributed by atoms with van der Waals surface area (Å²) in [4.78, 5) is 0. The summed E-state index contributed by atoms with van der Waals surface area (Å²) >= 11 is 0. The van der Waals surface area contributed by atoms with Gasteiger partial charge in [-0.15, -0.1) is 0 Å². The summed E-state index contributed by atoms with van der Waals surface area (Å²) < 4.78 is 14.2. The van der Waals surface area contributed by atoms with Gasteiger partial charge in [0.2, 0.25) is 0 Å². The fraction of sp³-hybridized carbons (Fsp3) is 1.00. The van der Waals surface area contributed by atoms with Crippen LogP contribution in [0.25, 0.3) is 0 Å². The smallest absolute Gasteiger partial charge is 0.139 e. The molecule has 0 atom stereocenters. The average molecular weight is 172 g/mol. The van der Waals surface area contributed by atoms with Crippen LogP contribution in [-0.2, 0) is 0 Å². The van der Waals surface area contributed by atoms with Crippen molar-refractivity contribution in [3.05, 3.63) is 0 Å². The first kappa shape index (κ1) is 8.49. The zero-order chi connectivity index (χ0) is 8.66. The molecule has 70 valence electrons. The van der Waals surface area contributed by atoms with Crippen molar-refractivity contribution in [2.75, 3.05) is 0 Å². The molecule has 0 aromatic rings. The molecular formula is C10H17FO. The first-order chi connectivity index (χ1) is 5.66. The molecule has 0 spiro atoms. The summed E-state index contributed by atoms with van der Waals surface area (Å²) in [6.07, 6.45) is 6.46. The molecule has 0 aromatic heterocycles. The molecule has 1 N–H and O–H groups in total. The quantitative estimate of drug-likeness (QED) is 0.595. The Bertz CT molecular complexity index is 147. The monoisotopic (exact) mass is 172 g/mol. The second-order valence-electron chi connectivity index (χ2n) is 4.41. The largest absolute Gasteiger partial charge is 0.387 e. The molecule has 2 aliphatic rings. The van der Waals surface area contributed by atoms with E-state index in [0.29, 0.717) is 25.7 Å². The third kappa shape index (κ3) is 1.08. The predicted octanol–water partition coefficient (Wildman–Crippen LogP) is 2.57. The lowest BCUT2D eigenvalue weighted by molar-refractivity contribution is -0.154. The van der Waals surface area contributed by atoms with Crippen LogP contribution in [0.5, 0.6) is 0 Å². The van der Waals surface area contributed by atoms with Crippen molar-refractivity contribution in [3.63, 3.8) is 0 Å². The molecule has 0 aliphatic heterocycles. The van der Waals surface area contributed by atoms with Crippen molar-refractivity contribution >= 4 is 0 Å². The summed E-state index contributed by atoms with van der Waals surface area (Å²) in [6.45, 7) is 0. The molecule has 2 aliphatic carbocycles. The number of alkyl halides is 1. The van der Waals surface area contributed by atoms with Crippen LogP contribution in [0.4, 0.5) is 4.39 Å². The molecule has 0 unspecified atom stereocenters. The number of hydrogen-bond donors (Lipinski definition) is 1. The van der Waals surface area contributed by atoms with Gasteiger partial charge in [-0.25, -0.2) is 4.39 Å². The van der Waals surface area contributed by atoms with E-state index in [1.54, 1.807) is 0 Å². The number of hydrogen-bond acceptors (Lipinski definition) is 1. The van der Waals surface area contributed by atoms with Crippen molar-refractivity contribution in [2.24, 2.45) is 0 Å².